The number of fused-ring (bicyclic) bond motifs is 6. The van der Waals surface area contributed by atoms with Crippen molar-refractivity contribution in [3.63, 3.8) is 0 Å². The summed E-state index contributed by atoms with van der Waals surface area (Å²) in [5.41, 5.74) is 2.61. The lowest BCUT2D eigenvalue weighted by atomic mass is 10.00. The largest absolute Gasteiger partial charge is 0.244 e. The van der Waals surface area contributed by atoms with Gasteiger partial charge in [-0.25, -0.2) is 9.13 Å². The first-order valence-corrected chi connectivity index (χ1v) is 6.51. The van der Waals surface area contributed by atoms with E-state index >= 15 is 0 Å². The van der Waals surface area contributed by atoms with Crippen molar-refractivity contribution in [2.45, 2.75) is 0 Å². The van der Waals surface area contributed by atoms with Gasteiger partial charge in [-0.1, -0.05) is 36.4 Å². The Morgan fingerprint density at radius 1 is 0.789 bits per heavy atom. The monoisotopic (exact) mass is 247 g/mol. The summed E-state index contributed by atoms with van der Waals surface area (Å²) in [5, 5.41) is 5.29. The zero-order chi connectivity index (χ0) is 13.0. The van der Waals surface area contributed by atoms with E-state index in [4.69, 9.17) is 0 Å². The molecule has 0 N–H and O–H groups in total. The van der Waals surface area contributed by atoms with Crippen molar-refractivity contribution in [1.82, 2.24) is 4.57 Å². The number of hydrogen-bond acceptors (Lipinski definition) is 0. The van der Waals surface area contributed by atoms with Crippen LogP contribution in [0.4, 0.5) is 0 Å². The Balaban J connectivity index is 2.49. The van der Waals surface area contributed by atoms with Gasteiger partial charge in [-0.05, 0) is 22.9 Å². The molecule has 0 saturated heterocycles. The van der Waals surface area contributed by atoms with Crippen LogP contribution >= 0.6 is 0 Å². The molecule has 2 nitrogen and oxygen atoms in total. The molecular formula is C17H15N2+. The summed E-state index contributed by atoms with van der Waals surface area (Å²) in [6.07, 6.45) is 2.14. The van der Waals surface area contributed by atoms with Gasteiger partial charge in [0.25, 0.3) is 0 Å². The maximum Gasteiger partial charge on any atom is 0.244 e. The van der Waals surface area contributed by atoms with E-state index in [2.05, 4.69) is 78.1 Å². The summed E-state index contributed by atoms with van der Waals surface area (Å²) < 4.78 is 4.42. The number of hydrogen-bond donors (Lipinski definition) is 0. The summed E-state index contributed by atoms with van der Waals surface area (Å²) in [4.78, 5) is 0. The molecule has 0 bridgehead atoms. The third-order valence-corrected chi connectivity index (χ3v) is 3.93. The van der Waals surface area contributed by atoms with Crippen LogP contribution in [0.1, 0.15) is 0 Å². The van der Waals surface area contributed by atoms with E-state index in [0.29, 0.717) is 0 Å². The second-order valence-corrected chi connectivity index (χ2v) is 5.13. The second-order valence-electron chi connectivity index (χ2n) is 5.13. The van der Waals surface area contributed by atoms with E-state index in [9.17, 15) is 0 Å². The minimum Gasteiger partial charge on any atom is -0.232 e. The molecule has 3 aromatic carbocycles. The molecule has 0 saturated carbocycles. The molecule has 0 aliphatic rings. The van der Waals surface area contributed by atoms with Crippen molar-refractivity contribution >= 4 is 32.6 Å². The highest BCUT2D eigenvalue weighted by molar-refractivity contribution is 6.22. The molecule has 0 aliphatic carbocycles. The van der Waals surface area contributed by atoms with Crippen LogP contribution in [0.25, 0.3) is 32.6 Å². The maximum atomic E-state index is 2.21. The second kappa shape index (κ2) is 3.58. The predicted octanol–water partition coefficient (Wildman–Crippen LogP) is 3.31. The summed E-state index contributed by atoms with van der Waals surface area (Å²) in [6.45, 7) is 0. The van der Waals surface area contributed by atoms with Gasteiger partial charge < -0.3 is 0 Å². The Labute approximate surface area is 111 Å². The number of imidazole rings is 1. The third kappa shape index (κ3) is 1.28. The van der Waals surface area contributed by atoms with E-state index in [1.165, 1.54) is 32.6 Å². The highest BCUT2D eigenvalue weighted by Crippen LogP contribution is 2.32. The predicted molar refractivity (Wildman–Crippen MR) is 79.1 cm³/mol. The standard InChI is InChI=1S/C17H15N2/c1-18-11-19(2)17-15-10-6-4-8-13(15)12-7-3-5-9-14(12)16(17)18/h3-11H,1-2H3/q+1. The van der Waals surface area contributed by atoms with Crippen LogP contribution in [-0.2, 0) is 14.1 Å². The van der Waals surface area contributed by atoms with Crippen molar-refractivity contribution < 1.29 is 4.57 Å². The van der Waals surface area contributed by atoms with Gasteiger partial charge in [-0.15, -0.1) is 0 Å². The fourth-order valence-corrected chi connectivity index (χ4v) is 3.19. The van der Waals surface area contributed by atoms with Crippen LogP contribution in [0.3, 0.4) is 0 Å². The van der Waals surface area contributed by atoms with Gasteiger partial charge in [0.15, 0.2) is 11.0 Å². The summed E-state index contributed by atoms with van der Waals surface area (Å²) in [6, 6.07) is 17.3. The van der Waals surface area contributed by atoms with Gasteiger partial charge in [0.2, 0.25) is 6.33 Å². The van der Waals surface area contributed by atoms with E-state index < -0.39 is 0 Å². The SMILES string of the molecule is Cn1c[n+](C)c2c3ccccc3c3ccccc3c21. The fourth-order valence-electron chi connectivity index (χ4n) is 3.19. The molecule has 19 heavy (non-hydrogen) atoms. The van der Waals surface area contributed by atoms with Gasteiger partial charge in [0.05, 0.1) is 14.1 Å². The number of rotatable bonds is 0. The molecule has 0 atom stereocenters. The van der Waals surface area contributed by atoms with Gasteiger partial charge in [0, 0.05) is 10.8 Å². The quantitative estimate of drug-likeness (QED) is 0.333. The number of benzene rings is 3. The number of aromatic nitrogens is 2. The third-order valence-electron chi connectivity index (χ3n) is 3.93. The Kier molecular flexibility index (Phi) is 1.99. The van der Waals surface area contributed by atoms with Crippen molar-refractivity contribution in [3.05, 3.63) is 54.9 Å². The lowest BCUT2D eigenvalue weighted by Gasteiger charge is -2.04. The molecule has 4 rings (SSSR count). The molecule has 0 amide bonds. The minimum atomic E-state index is 1.30. The summed E-state index contributed by atoms with van der Waals surface area (Å²) in [5.74, 6) is 0. The zero-order valence-corrected chi connectivity index (χ0v) is 11.1. The Morgan fingerprint density at radius 2 is 1.32 bits per heavy atom. The van der Waals surface area contributed by atoms with Gasteiger partial charge in [-0.3, -0.25) is 0 Å². The first-order valence-electron chi connectivity index (χ1n) is 6.51. The molecule has 1 heterocycles. The van der Waals surface area contributed by atoms with E-state index in [1.807, 2.05) is 0 Å². The van der Waals surface area contributed by atoms with Crippen LogP contribution in [0.2, 0.25) is 0 Å². The summed E-state index contributed by atoms with van der Waals surface area (Å²) in [7, 11) is 4.23. The van der Waals surface area contributed by atoms with Crippen molar-refractivity contribution in [2.24, 2.45) is 14.1 Å². The Bertz CT molecular complexity index is 856. The molecule has 4 aromatic rings. The average Bonchev–Trinajstić information content (AvgIpc) is 2.75. The molecular weight excluding hydrogens is 232 g/mol. The molecule has 0 fully saturated rings. The van der Waals surface area contributed by atoms with Crippen LogP contribution in [0.5, 0.6) is 0 Å². The van der Waals surface area contributed by atoms with Crippen molar-refractivity contribution in [1.29, 1.82) is 0 Å². The molecule has 2 heteroatoms. The van der Waals surface area contributed by atoms with E-state index in [-0.39, 0.29) is 0 Å². The Morgan fingerprint density at radius 3 is 2.00 bits per heavy atom. The molecule has 0 radical (unpaired) electrons. The normalized spacial score (nSPS) is 11.7. The van der Waals surface area contributed by atoms with Crippen molar-refractivity contribution in [2.75, 3.05) is 0 Å². The summed E-state index contributed by atoms with van der Waals surface area (Å²) >= 11 is 0. The smallest absolute Gasteiger partial charge is 0.232 e. The molecule has 0 aliphatic heterocycles. The van der Waals surface area contributed by atoms with Crippen molar-refractivity contribution in [3.8, 4) is 0 Å². The number of aryl methyl sites for hydroxylation is 2. The lowest BCUT2D eigenvalue weighted by Crippen LogP contribution is -2.25. The minimum absolute atomic E-state index is 1.30. The Hall–Kier alpha value is -2.35. The first kappa shape index (κ1) is 10.6. The van der Waals surface area contributed by atoms with Crippen LogP contribution < -0.4 is 4.57 Å². The van der Waals surface area contributed by atoms with Gasteiger partial charge in [0.1, 0.15) is 0 Å². The van der Waals surface area contributed by atoms with Crippen LogP contribution in [0, 0.1) is 0 Å². The molecule has 0 spiro atoms. The zero-order valence-electron chi connectivity index (χ0n) is 11.1. The highest BCUT2D eigenvalue weighted by atomic mass is 15.1. The fraction of sp³-hybridized carbons (Fsp3) is 0.118. The van der Waals surface area contributed by atoms with E-state index in [0.717, 1.165) is 0 Å². The van der Waals surface area contributed by atoms with Crippen LogP contribution in [-0.4, -0.2) is 4.57 Å². The topological polar surface area (TPSA) is 8.81 Å². The highest BCUT2D eigenvalue weighted by Gasteiger charge is 2.18. The van der Waals surface area contributed by atoms with Gasteiger partial charge in [-0.2, -0.15) is 0 Å². The molecule has 0 unspecified atom stereocenters. The first-order chi connectivity index (χ1) is 9.27. The molecule has 92 valence electrons. The maximum absolute atomic E-state index is 2.21. The van der Waals surface area contributed by atoms with Gasteiger partial charge >= 0.3 is 0 Å². The molecule has 1 aromatic heterocycles. The number of nitrogens with zero attached hydrogens (tertiary/aromatic N) is 2. The van der Waals surface area contributed by atoms with Crippen LogP contribution in [0.15, 0.2) is 54.9 Å². The average molecular weight is 247 g/mol. The van der Waals surface area contributed by atoms with E-state index in [1.54, 1.807) is 0 Å². The lowest BCUT2D eigenvalue weighted by molar-refractivity contribution is -0.644.